The second-order valence-corrected chi connectivity index (χ2v) is 2.49. The molecule has 0 heterocycles. The van der Waals surface area contributed by atoms with Crippen molar-refractivity contribution in [2.75, 3.05) is 18.6 Å². The SMILES string of the molecule is OCCCNNc1ccccc1. The minimum absolute atomic E-state index is 0.226. The predicted octanol–water partition coefficient (Wildman–Crippen LogP) is 0.985. The van der Waals surface area contributed by atoms with Gasteiger partial charge in [0.25, 0.3) is 0 Å². The summed E-state index contributed by atoms with van der Waals surface area (Å²) in [6, 6.07) is 9.86. The normalized spacial score (nSPS) is 9.75. The largest absolute Gasteiger partial charge is 0.396 e. The van der Waals surface area contributed by atoms with Crippen molar-refractivity contribution in [2.24, 2.45) is 0 Å². The molecule has 12 heavy (non-hydrogen) atoms. The highest BCUT2D eigenvalue weighted by molar-refractivity contribution is 5.41. The van der Waals surface area contributed by atoms with Crippen LogP contribution in [0.5, 0.6) is 0 Å². The van der Waals surface area contributed by atoms with Crippen LogP contribution in [0.15, 0.2) is 30.3 Å². The average molecular weight is 166 g/mol. The van der Waals surface area contributed by atoms with Crippen molar-refractivity contribution >= 4 is 5.69 Å². The van der Waals surface area contributed by atoms with Crippen LogP contribution >= 0.6 is 0 Å². The lowest BCUT2D eigenvalue weighted by Crippen LogP contribution is -2.23. The summed E-state index contributed by atoms with van der Waals surface area (Å²) in [6.45, 7) is 0.995. The molecule has 0 atom stereocenters. The van der Waals surface area contributed by atoms with Gasteiger partial charge in [0.2, 0.25) is 0 Å². The number of benzene rings is 1. The minimum Gasteiger partial charge on any atom is -0.396 e. The van der Waals surface area contributed by atoms with Gasteiger partial charge in [-0.25, -0.2) is 5.43 Å². The van der Waals surface area contributed by atoms with Crippen molar-refractivity contribution in [3.63, 3.8) is 0 Å². The fourth-order valence-electron chi connectivity index (χ4n) is 0.853. The van der Waals surface area contributed by atoms with Crippen LogP contribution in [0.25, 0.3) is 0 Å². The number of rotatable bonds is 5. The Morgan fingerprint density at radius 1 is 1.17 bits per heavy atom. The number of para-hydroxylation sites is 1. The summed E-state index contributed by atoms with van der Waals surface area (Å²) in [5, 5.41) is 8.50. The van der Waals surface area contributed by atoms with Gasteiger partial charge in [-0.1, -0.05) is 18.2 Å². The maximum absolute atomic E-state index is 8.50. The van der Waals surface area contributed by atoms with Crippen LogP contribution in [-0.4, -0.2) is 18.3 Å². The van der Waals surface area contributed by atoms with Crippen LogP contribution in [-0.2, 0) is 0 Å². The molecule has 0 radical (unpaired) electrons. The Balaban J connectivity index is 2.16. The zero-order valence-electron chi connectivity index (χ0n) is 6.96. The summed E-state index contributed by atoms with van der Waals surface area (Å²) >= 11 is 0. The van der Waals surface area contributed by atoms with Gasteiger partial charge >= 0.3 is 0 Å². The highest BCUT2D eigenvalue weighted by atomic mass is 16.3. The Morgan fingerprint density at radius 2 is 1.92 bits per heavy atom. The molecule has 0 fully saturated rings. The summed E-state index contributed by atoms with van der Waals surface area (Å²) in [4.78, 5) is 0. The van der Waals surface area contributed by atoms with E-state index in [0.29, 0.717) is 0 Å². The molecule has 0 unspecified atom stereocenters. The van der Waals surface area contributed by atoms with Crippen molar-refractivity contribution < 1.29 is 5.11 Å². The van der Waals surface area contributed by atoms with Crippen LogP contribution in [0.3, 0.4) is 0 Å². The topological polar surface area (TPSA) is 44.3 Å². The van der Waals surface area contributed by atoms with E-state index in [1.165, 1.54) is 0 Å². The van der Waals surface area contributed by atoms with E-state index < -0.39 is 0 Å². The number of anilines is 1. The van der Waals surface area contributed by atoms with Gasteiger partial charge in [0.05, 0.1) is 0 Å². The van der Waals surface area contributed by atoms with Crippen molar-refractivity contribution in [3.8, 4) is 0 Å². The van der Waals surface area contributed by atoms with Crippen LogP contribution in [0.2, 0.25) is 0 Å². The molecule has 3 heteroatoms. The molecular weight excluding hydrogens is 152 g/mol. The Morgan fingerprint density at radius 3 is 2.58 bits per heavy atom. The zero-order valence-corrected chi connectivity index (χ0v) is 6.96. The maximum Gasteiger partial charge on any atom is 0.0487 e. The van der Waals surface area contributed by atoms with Crippen molar-refractivity contribution in [2.45, 2.75) is 6.42 Å². The molecule has 0 aliphatic rings. The van der Waals surface area contributed by atoms with Crippen LogP contribution in [0, 0.1) is 0 Å². The first-order chi connectivity index (χ1) is 5.93. The monoisotopic (exact) mass is 166 g/mol. The molecule has 0 spiro atoms. The lowest BCUT2D eigenvalue weighted by molar-refractivity contribution is 0.287. The van der Waals surface area contributed by atoms with Crippen molar-refractivity contribution in [1.82, 2.24) is 5.43 Å². The first kappa shape index (κ1) is 9.03. The first-order valence-electron chi connectivity index (χ1n) is 4.08. The van der Waals surface area contributed by atoms with Gasteiger partial charge in [0, 0.05) is 18.8 Å². The fraction of sp³-hybridized carbons (Fsp3) is 0.333. The summed E-state index contributed by atoms with van der Waals surface area (Å²) in [5.74, 6) is 0. The predicted molar refractivity (Wildman–Crippen MR) is 49.8 cm³/mol. The van der Waals surface area contributed by atoms with E-state index >= 15 is 0 Å². The highest BCUT2D eigenvalue weighted by Crippen LogP contribution is 2.01. The Labute approximate surface area is 72.4 Å². The Hall–Kier alpha value is -1.06. The van der Waals surface area contributed by atoms with Gasteiger partial charge in [0.1, 0.15) is 0 Å². The molecule has 0 bridgehead atoms. The van der Waals surface area contributed by atoms with E-state index in [9.17, 15) is 0 Å². The summed E-state index contributed by atoms with van der Waals surface area (Å²) in [6.07, 6.45) is 0.764. The molecule has 0 aromatic heterocycles. The fourth-order valence-corrected chi connectivity index (χ4v) is 0.853. The lowest BCUT2D eigenvalue weighted by Gasteiger charge is -2.06. The third kappa shape index (κ3) is 3.37. The van der Waals surface area contributed by atoms with E-state index in [-0.39, 0.29) is 6.61 Å². The van der Waals surface area contributed by atoms with Gasteiger partial charge in [-0.3, -0.25) is 0 Å². The van der Waals surface area contributed by atoms with Crippen LogP contribution < -0.4 is 10.9 Å². The molecule has 3 nitrogen and oxygen atoms in total. The molecule has 1 aromatic carbocycles. The number of aliphatic hydroxyl groups excluding tert-OH is 1. The third-order valence-electron chi connectivity index (χ3n) is 1.47. The highest BCUT2D eigenvalue weighted by Gasteiger charge is 1.86. The molecule has 3 N–H and O–H groups in total. The summed E-state index contributed by atoms with van der Waals surface area (Å²) in [5.41, 5.74) is 7.05. The summed E-state index contributed by atoms with van der Waals surface area (Å²) in [7, 11) is 0. The summed E-state index contributed by atoms with van der Waals surface area (Å²) < 4.78 is 0. The molecule has 0 aliphatic carbocycles. The lowest BCUT2D eigenvalue weighted by atomic mass is 10.3. The zero-order chi connectivity index (χ0) is 8.65. The minimum atomic E-state index is 0.226. The number of aliphatic hydroxyl groups is 1. The van der Waals surface area contributed by atoms with E-state index in [1.807, 2.05) is 30.3 Å². The van der Waals surface area contributed by atoms with Gasteiger partial charge in [-0.05, 0) is 18.6 Å². The van der Waals surface area contributed by atoms with E-state index in [2.05, 4.69) is 10.9 Å². The molecule has 0 saturated heterocycles. The number of hydrogen-bond acceptors (Lipinski definition) is 3. The van der Waals surface area contributed by atoms with Crippen molar-refractivity contribution in [1.29, 1.82) is 0 Å². The van der Waals surface area contributed by atoms with Crippen LogP contribution in [0.4, 0.5) is 5.69 Å². The molecule has 0 aliphatic heterocycles. The second kappa shape index (κ2) is 5.57. The second-order valence-electron chi connectivity index (χ2n) is 2.49. The van der Waals surface area contributed by atoms with Crippen molar-refractivity contribution in [3.05, 3.63) is 30.3 Å². The average Bonchev–Trinajstić information content (AvgIpc) is 2.14. The molecule has 0 amide bonds. The van der Waals surface area contributed by atoms with E-state index in [0.717, 1.165) is 18.7 Å². The number of nitrogens with one attached hydrogen (secondary N) is 2. The quantitative estimate of drug-likeness (QED) is 0.451. The number of hydrazine groups is 1. The van der Waals surface area contributed by atoms with Gasteiger partial charge < -0.3 is 10.5 Å². The molecule has 66 valence electrons. The first-order valence-corrected chi connectivity index (χ1v) is 4.08. The molecular formula is C9H14N2O. The van der Waals surface area contributed by atoms with Gasteiger partial charge in [-0.15, -0.1) is 0 Å². The van der Waals surface area contributed by atoms with Gasteiger partial charge in [-0.2, -0.15) is 0 Å². The van der Waals surface area contributed by atoms with Crippen LogP contribution in [0.1, 0.15) is 6.42 Å². The third-order valence-corrected chi connectivity index (χ3v) is 1.47. The van der Waals surface area contributed by atoms with Gasteiger partial charge in [0.15, 0.2) is 0 Å². The smallest absolute Gasteiger partial charge is 0.0487 e. The molecule has 0 saturated carbocycles. The standard InChI is InChI=1S/C9H14N2O/c12-8-4-7-10-11-9-5-2-1-3-6-9/h1-3,5-6,10-12H,4,7-8H2. The maximum atomic E-state index is 8.50. The van der Waals surface area contributed by atoms with E-state index in [1.54, 1.807) is 0 Å². The Kier molecular flexibility index (Phi) is 4.19. The Bertz CT molecular complexity index is 201. The molecule has 1 rings (SSSR count). The number of hydrogen-bond donors (Lipinski definition) is 3. The molecule has 1 aromatic rings. The van der Waals surface area contributed by atoms with E-state index in [4.69, 9.17) is 5.11 Å².